The Morgan fingerprint density at radius 2 is 1.90 bits per heavy atom. The Balaban J connectivity index is 1.91. The standard InChI is InChI=1S/C15H13ClN4O/c1-21-15-10(5-4-8-17-15)9-18-14-12-7-3-2-6-11(12)13(16)19-20-14/h2-8H,9H2,1H3,(H,18,20). The van der Waals surface area contributed by atoms with Crippen LogP contribution in [-0.4, -0.2) is 22.3 Å². The van der Waals surface area contributed by atoms with Crippen molar-refractivity contribution < 1.29 is 4.74 Å². The first-order valence-corrected chi connectivity index (χ1v) is 6.80. The summed E-state index contributed by atoms with van der Waals surface area (Å²) in [5.74, 6) is 1.28. The number of anilines is 1. The van der Waals surface area contributed by atoms with E-state index in [2.05, 4.69) is 20.5 Å². The molecule has 0 atom stereocenters. The predicted molar refractivity (Wildman–Crippen MR) is 82.7 cm³/mol. The lowest BCUT2D eigenvalue weighted by Gasteiger charge is -2.10. The molecule has 1 aromatic carbocycles. The van der Waals surface area contributed by atoms with Gasteiger partial charge in [-0.25, -0.2) is 4.98 Å². The molecule has 5 nitrogen and oxygen atoms in total. The maximum Gasteiger partial charge on any atom is 0.218 e. The van der Waals surface area contributed by atoms with Crippen LogP contribution in [0.2, 0.25) is 5.15 Å². The quantitative estimate of drug-likeness (QED) is 0.801. The molecule has 1 N–H and O–H groups in total. The fourth-order valence-electron chi connectivity index (χ4n) is 2.12. The summed E-state index contributed by atoms with van der Waals surface area (Å²) in [5, 5.41) is 13.5. The van der Waals surface area contributed by atoms with Crippen LogP contribution in [-0.2, 0) is 6.54 Å². The molecule has 0 amide bonds. The Hall–Kier alpha value is -2.40. The lowest BCUT2D eigenvalue weighted by atomic mass is 10.2. The fourth-order valence-corrected chi connectivity index (χ4v) is 2.33. The van der Waals surface area contributed by atoms with Gasteiger partial charge >= 0.3 is 0 Å². The highest BCUT2D eigenvalue weighted by Gasteiger charge is 2.08. The SMILES string of the molecule is COc1ncccc1CNc1nnc(Cl)c2ccccc12. The van der Waals surface area contributed by atoms with E-state index in [9.17, 15) is 0 Å². The highest BCUT2D eigenvalue weighted by Crippen LogP contribution is 2.26. The van der Waals surface area contributed by atoms with Crippen molar-refractivity contribution >= 4 is 28.2 Å². The van der Waals surface area contributed by atoms with E-state index in [1.54, 1.807) is 13.3 Å². The maximum atomic E-state index is 6.06. The van der Waals surface area contributed by atoms with Gasteiger partial charge in [-0.2, -0.15) is 0 Å². The van der Waals surface area contributed by atoms with Crippen LogP contribution in [0.15, 0.2) is 42.6 Å². The summed E-state index contributed by atoms with van der Waals surface area (Å²) < 4.78 is 5.23. The summed E-state index contributed by atoms with van der Waals surface area (Å²) in [6.45, 7) is 0.539. The zero-order valence-corrected chi connectivity index (χ0v) is 12.1. The van der Waals surface area contributed by atoms with Crippen LogP contribution in [0, 0.1) is 0 Å². The number of hydrogen-bond donors (Lipinski definition) is 1. The molecule has 0 spiro atoms. The summed E-state index contributed by atoms with van der Waals surface area (Å²) in [5.41, 5.74) is 0.945. The molecule has 2 heterocycles. The molecule has 3 aromatic rings. The van der Waals surface area contributed by atoms with E-state index in [-0.39, 0.29) is 0 Å². The molecule has 21 heavy (non-hydrogen) atoms. The molecule has 6 heteroatoms. The summed E-state index contributed by atoms with van der Waals surface area (Å²) in [7, 11) is 1.60. The molecule has 0 bridgehead atoms. The first-order chi connectivity index (χ1) is 10.3. The minimum absolute atomic E-state index is 0.398. The Morgan fingerprint density at radius 3 is 2.71 bits per heavy atom. The van der Waals surface area contributed by atoms with Gasteiger partial charge in [-0.1, -0.05) is 41.9 Å². The molecule has 0 aliphatic heterocycles. The molecule has 0 aliphatic carbocycles. The average Bonchev–Trinajstić information content (AvgIpc) is 2.55. The Labute approximate surface area is 126 Å². The summed E-state index contributed by atoms with van der Waals surface area (Å²) in [6, 6.07) is 11.6. The van der Waals surface area contributed by atoms with Crippen molar-refractivity contribution in [2.75, 3.05) is 12.4 Å². The number of fused-ring (bicyclic) bond motifs is 1. The molecular formula is C15H13ClN4O. The third kappa shape index (κ3) is 2.73. The van der Waals surface area contributed by atoms with Crippen LogP contribution >= 0.6 is 11.6 Å². The summed E-state index contributed by atoms with van der Waals surface area (Å²) in [4.78, 5) is 4.17. The average molecular weight is 301 g/mol. The Morgan fingerprint density at radius 1 is 1.10 bits per heavy atom. The highest BCUT2D eigenvalue weighted by molar-refractivity contribution is 6.34. The van der Waals surface area contributed by atoms with E-state index in [0.717, 1.165) is 16.3 Å². The van der Waals surface area contributed by atoms with Gasteiger partial charge in [0.1, 0.15) is 0 Å². The summed E-state index contributed by atoms with van der Waals surface area (Å²) >= 11 is 6.06. The number of hydrogen-bond acceptors (Lipinski definition) is 5. The van der Waals surface area contributed by atoms with Crippen molar-refractivity contribution in [1.29, 1.82) is 0 Å². The van der Waals surface area contributed by atoms with E-state index < -0.39 is 0 Å². The number of aromatic nitrogens is 3. The second kappa shape index (κ2) is 5.93. The lowest BCUT2D eigenvalue weighted by molar-refractivity contribution is 0.393. The number of halogens is 1. The number of methoxy groups -OCH3 is 1. The predicted octanol–water partition coefficient (Wildman–Crippen LogP) is 3.30. The van der Waals surface area contributed by atoms with E-state index in [1.807, 2.05) is 36.4 Å². The van der Waals surface area contributed by atoms with Gasteiger partial charge in [0.25, 0.3) is 0 Å². The topological polar surface area (TPSA) is 59.9 Å². The van der Waals surface area contributed by atoms with Crippen molar-refractivity contribution in [3.63, 3.8) is 0 Å². The fraction of sp³-hybridized carbons (Fsp3) is 0.133. The second-order valence-corrected chi connectivity index (χ2v) is 4.77. The van der Waals surface area contributed by atoms with E-state index in [1.165, 1.54) is 0 Å². The molecular weight excluding hydrogens is 288 g/mol. The number of rotatable bonds is 4. The van der Waals surface area contributed by atoms with Crippen LogP contribution in [0.5, 0.6) is 5.88 Å². The zero-order valence-electron chi connectivity index (χ0n) is 11.4. The molecule has 0 fully saturated rings. The third-order valence-corrected chi connectivity index (χ3v) is 3.41. The summed E-state index contributed by atoms with van der Waals surface area (Å²) in [6.07, 6.45) is 1.69. The number of ether oxygens (including phenoxy) is 1. The van der Waals surface area contributed by atoms with Gasteiger partial charge in [-0.05, 0) is 6.07 Å². The maximum absolute atomic E-state index is 6.06. The molecule has 0 unspecified atom stereocenters. The minimum atomic E-state index is 0.398. The number of benzene rings is 1. The van der Waals surface area contributed by atoms with Gasteiger partial charge in [-0.3, -0.25) is 0 Å². The van der Waals surface area contributed by atoms with Crippen LogP contribution in [0.1, 0.15) is 5.56 Å². The molecule has 3 rings (SSSR count). The number of pyridine rings is 1. The van der Waals surface area contributed by atoms with Crippen LogP contribution < -0.4 is 10.1 Å². The van der Waals surface area contributed by atoms with Crippen LogP contribution in [0.3, 0.4) is 0 Å². The molecule has 0 saturated heterocycles. The third-order valence-electron chi connectivity index (χ3n) is 3.13. The van der Waals surface area contributed by atoms with Crippen molar-refractivity contribution in [1.82, 2.24) is 15.2 Å². The molecule has 106 valence electrons. The van der Waals surface area contributed by atoms with Gasteiger partial charge < -0.3 is 10.1 Å². The lowest BCUT2D eigenvalue weighted by Crippen LogP contribution is -2.05. The first kappa shape index (κ1) is 13.6. The van der Waals surface area contributed by atoms with Crippen LogP contribution in [0.25, 0.3) is 10.8 Å². The molecule has 2 aromatic heterocycles. The highest BCUT2D eigenvalue weighted by atomic mass is 35.5. The van der Waals surface area contributed by atoms with Gasteiger partial charge in [0.2, 0.25) is 5.88 Å². The monoisotopic (exact) mass is 300 g/mol. The smallest absolute Gasteiger partial charge is 0.218 e. The van der Waals surface area contributed by atoms with Crippen LogP contribution in [0.4, 0.5) is 5.82 Å². The second-order valence-electron chi connectivity index (χ2n) is 4.41. The van der Waals surface area contributed by atoms with Crippen molar-refractivity contribution in [2.24, 2.45) is 0 Å². The van der Waals surface area contributed by atoms with Gasteiger partial charge in [-0.15, -0.1) is 10.2 Å². The largest absolute Gasteiger partial charge is 0.481 e. The Bertz CT molecular complexity index is 778. The molecule has 0 radical (unpaired) electrons. The molecule has 0 saturated carbocycles. The van der Waals surface area contributed by atoms with E-state index in [0.29, 0.717) is 23.4 Å². The first-order valence-electron chi connectivity index (χ1n) is 6.42. The number of nitrogens with zero attached hydrogens (tertiary/aromatic N) is 3. The molecule has 0 aliphatic rings. The van der Waals surface area contributed by atoms with Gasteiger partial charge in [0.05, 0.1) is 7.11 Å². The number of nitrogens with one attached hydrogen (secondary N) is 1. The zero-order chi connectivity index (χ0) is 14.7. The van der Waals surface area contributed by atoms with E-state index in [4.69, 9.17) is 16.3 Å². The Kier molecular flexibility index (Phi) is 3.83. The van der Waals surface area contributed by atoms with Crippen molar-refractivity contribution in [2.45, 2.75) is 6.54 Å². The van der Waals surface area contributed by atoms with Gasteiger partial charge in [0, 0.05) is 29.1 Å². The van der Waals surface area contributed by atoms with Crippen molar-refractivity contribution in [3.05, 3.63) is 53.3 Å². The van der Waals surface area contributed by atoms with E-state index >= 15 is 0 Å². The van der Waals surface area contributed by atoms with Crippen molar-refractivity contribution in [3.8, 4) is 5.88 Å². The normalized spacial score (nSPS) is 10.6. The van der Waals surface area contributed by atoms with Gasteiger partial charge in [0.15, 0.2) is 11.0 Å². The minimum Gasteiger partial charge on any atom is -0.481 e.